The van der Waals surface area contributed by atoms with Crippen LogP contribution in [0.15, 0.2) is 91.0 Å². The second-order valence-corrected chi connectivity index (χ2v) is 40.5. The van der Waals surface area contributed by atoms with Gasteiger partial charge in [-0.25, -0.2) is 0 Å². The zero-order valence-corrected chi connectivity index (χ0v) is 20.3. The Morgan fingerprint density at radius 3 is 1.62 bits per heavy atom. The molecule has 2 aliphatic rings. The van der Waals surface area contributed by atoms with Gasteiger partial charge in [-0.3, -0.25) is 0 Å². The molecule has 0 aromatic heterocycles. The van der Waals surface area contributed by atoms with Gasteiger partial charge in [0.15, 0.2) is 0 Å². The van der Waals surface area contributed by atoms with Gasteiger partial charge in [0.25, 0.3) is 0 Å². The molecule has 0 spiro atoms. The Hall–Kier alpha value is -1.53. The molecule has 0 saturated carbocycles. The zero-order chi connectivity index (χ0) is 20.2. The van der Waals surface area contributed by atoms with E-state index >= 15 is 0 Å². The number of allylic oxidation sites excluding steroid dienone is 2. The number of rotatable bonds is 3. The second kappa shape index (κ2) is 6.24. The van der Waals surface area contributed by atoms with E-state index in [1.54, 1.807) is 0 Å². The second-order valence-electron chi connectivity index (χ2n) is 8.96. The summed E-state index contributed by atoms with van der Waals surface area (Å²) in [7, 11) is 16.1. The van der Waals surface area contributed by atoms with E-state index in [0.29, 0.717) is 0 Å². The fraction of sp³-hybridized carbons (Fsp3) is 0.115. The third-order valence-electron chi connectivity index (χ3n) is 6.80. The van der Waals surface area contributed by atoms with Crippen LogP contribution >= 0.6 is 17.0 Å². The summed E-state index contributed by atoms with van der Waals surface area (Å²) in [5.74, 6) is 0. The Morgan fingerprint density at radius 1 is 0.655 bits per heavy atom. The number of benzene rings is 3. The predicted molar refractivity (Wildman–Crippen MR) is 126 cm³/mol. The summed E-state index contributed by atoms with van der Waals surface area (Å²) in [6, 6.07) is 27.3. The zero-order valence-electron chi connectivity index (χ0n) is 16.3. The van der Waals surface area contributed by atoms with E-state index in [0.717, 1.165) is 5.56 Å². The first-order valence-corrected chi connectivity index (χ1v) is 23.1. The number of hydrogen-bond donors (Lipinski definition) is 0. The molecular formula is C26H23Cl2Zr. The molecule has 29 heavy (non-hydrogen) atoms. The van der Waals surface area contributed by atoms with E-state index in [-0.39, 0.29) is 7.25 Å². The Labute approximate surface area is 176 Å². The molecular weight excluding hydrogens is 474 g/mol. The molecule has 0 aliphatic heterocycles. The van der Waals surface area contributed by atoms with Crippen molar-refractivity contribution in [2.45, 2.75) is 11.9 Å². The summed E-state index contributed by atoms with van der Waals surface area (Å²) in [6.45, 7) is 0. The molecule has 5 rings (SSSR count). The average molecular weight is 498 g/mol. The van der Waals surface area contributed by atoms with Gasteiger partial charge in [0.2, 0.25) is 0 Å². The molecule has 3 aromatic carbocycles. The van der Waals surface area contributed by atoms with Crippen molar-refractivity contribution in [2.24, 2.45) is 0 Å². The molecule has 2 unspecified atom stereocenters. The van der Waals surface area contributed by atoms with Gasteiger partial charge < -0.3 is 0 Å². The van der Waals surface area contributed by atoms with Gasteiger partial charge in [0, 0.05) is 0 Å². The Balaban J connectivity index is 1.87. The number of fused-ring (bicyclic) bond motifs is 2. The van der Waals surface area contributed by atoms with Crippen LogP contribution in [-0.4, -0.2) is 3.71 Å². The molecule has 0 heterocycles. The molecule has 145 valence electrons. The summed E-state index contributed by atoms with van der Waals surface area (Å²) >= 11 is -5.27. The first-order chi connectivity index (χ1) is 13.8. The van der Waals surface area contributed by atoms with Gasteiger partial charge in [0.1, 0.15) is 0 Å². The molecule has 0 bridgehead atoms. The van der Waals surface area contributed by atoms with Crippen molar-refractivity contribution in [2.75, 3.05) is 0 Å². The first kappa shape index (κ1) is 19.4. The van der Waals surface area contributed by atoms with Crippen LogP contribution in [0.4, 0.5) is 0 Å². The molecule has 3 aromatic rings. The first-order valence-electron chi connectivity index (χ1n) is 10.1. The van der Waals surface area contributed by atoms with E-state index in [4.69, 9.17) is 17.0 Å². The van der Waals surface area contributed by atoms with Gasteiger partial charge >= 0.3 is 178 Å². The SMILES string of the molecule is [CH3][Zr]([Cl])([Cl])(=[CH]c1ccccc1)([CH]1C=Cc2ccccc21)[CH]1C=Cc2ccccc21. The van der Waals surface area contributed by atoms with Crippen LogP contribution in [0, 0.1) is 0 Å². The van der Waals surface area contributed by atoms with Crippen molar-refractivity contribution < 1.29 is 14.4 Å². The van der Waals surface area contributed by atoms with Gasteiger partial charge in [0.05, 0.1) is 0 Å². The summed E-state index contributed by atoms with van der Waals surface area (Å²) in [5.41, 5.74) is 6.00. The predicted octanol–water partition coefficient (Wildman–Crippen LogP) is 7.95. The van der Waals surface area contributed by atoms with Crippen molar-refractivity contribution in [3.05, 3.63) is 119 Å². The molecule has 0 amide bonds. The van der Waals surface area contributed by atoms with E-state index < -0.39 is 14.4 Å². The maximum absolute atomic E-state index is 8.06. The Morgan fingerprint density at radius 2 is 1.10 bits per heavy atom. The third kappa shape index (κ3) is 2.94. The van der Waals surface area contributed by atoms with Crippen LogP contribution in [0.5, 0.6) is 0 Å². The molecule has 2 atom stereocenters. The average Bonchev–Trinajstić information content (AvgIpc) is 3.34. The monoisotopic (exact) mass is 495 g/mol. The van der Waals surface area contributed by atoms with Gasteiger partial charge in [-0.2, -0.15) is 0 Å². The van der Waals surface area contributed by atoms with Crippen molar-refractivity contribution in [1.82, 2.24) is 0 Å². The van der Waals surface area contributed by atoms with Crippen molar-refractivity contribution in [1.29, 1.82) is 0 Å². The number of hydrogen-bond acceptors (Lipinski definition) is 0. The minimum atomic E-state index is -5.27. The topological polar surface area (TPSA) is 0 Å². The van der Waals surface area contributed by atoms with Gasteiger partial charge in [-0.1, -0.05) is 0 Å². The van der Waals surface area contributed by atoms with Crippen molar-refractivity contribution in [3.63, 3.8) is 0 Å². The van der Waals surface area contributed by atoms with Crippen LogP contribution < -0.4 is 0 Å². The maximum atomic E-state index is 8.06. The normalized spacial score (nSPS) is 21.9. The molecule has 0 fully saturated rings. The van der Waals surface area contributed by atoms with E-state index in [9.17, 15) is 0 Å². The molecule has 0 nitrogen and oxygen atoms in total. The van der Waals surface area contributed by atoms with E-state index in [1.807, 2.05) is 18.2 Å². The summed E-state index contributed by atoms with van der Waals surface area (Å²) in [5, 5.41) is 0. The molecule has 0 N–H and O–H groups in total. The van der Waals surface area contributed by atoms with Crippen LogP contribution in [-0.2, 0) is 14.4 Å². The van der Waals surface area contributed by atoms with E-state index in [2.05, 4.69) is 93.3 Å². The molecule has 0 radical (unpaired) electrons. The third-order valence-corrected chi connectivity index (χ3v) is 27.9. The van der Waals surface area contributed by atoms with Gasteiger partial charge in [-0.05, 0) is 0 Å². The quantitative estimate of drug-likeness (QED) is 0.344. The minimum absolute atomic E-state index is 0.0169. The Kier molecular flexibility index (Phi) is 4.18. The molecule has 0 saturated heterocycles. The van der Waals surface area contributed by atoms with Crippen LogP contribution in [0.3, 0.4) is 0 Å². The summed E-state index contributed by atoms with van der Waals surface area (Å²) in [6.07, 6.45) is 8.86. The Bertz CT molecular complexity index is 1190. The standard InChI is InChI=1S/2C9H7.C7H6.CH3.2ClH.Zr/c2*1-2-5-9-7-3-6-8(9)4-1;1-7-5-3-2-4-6-7;;;;/h2*1-7H;1-6H;1H3;2*1H;/q;;;;;;+2/p-2. The van der Waals surface area contributed by atoms with Crippen molar-refractivity contribution in [3.8, 4) is 0 Å². The van der Waals surface area contributed by atoms with Crippen LogP contribution in [0.2, 0.25) is 4.63 Å². The van der Waals surface area contributed by atoms with Crippen molar-refractivity contribution >= 4 is 32.9 Å². The number of halogens is 2. The van der Waals surface area contributed by atoms with Crippen LogP contribution in [0.1, 0.15) is 35.1 Å². The fourth-order valence-electron chi connectivity index (χ4n) is 5.37. The summed E-state index contributed by atoms with van der Waals surface area (Å²) in [4.78, 5) is 0. The van der Waals surface area contributed by atoms with Crippen LogP contribution in [0.25, 0.3) is 12.2 Å². The molecule has 3 heteroatoms. The van der Waals surface area contributed by atoms with Gasteiger partial charge in [-0.15, -0.1) is 0 Å². The fourth-order valence-corrected chi connectivity index (χ4v) is 25.0. The summed E-state index contributed by atoms with van der Waals surface area (Å²) < 4.78 is 4.43. The van der Waals surface area contributed by atoms with E-state index in [1.165, 1.54) is 22.3 Å². The molecule has 2 aliphatic carbocycles.